The average Bonchev–Trinajstić information content (AvgIpc) is 2.45. The number of rotatable bonds is 4. The van der Waals surface area contributed by atoms with Crippen molar-refractivity contribution in [3.8, 4) is 0 Å². The minimum absolute atomic E-state index is 0.316. The van der Waals surface area contributed by atoms with Gasteiger partial charge in [0.05, 0.1) is 11.2 Å². The Morgan fingerprint density at radius 2 is 2.05 bits per heavy atom. The number of aromatic nitrogens is 1. The van der Waals surface area contributed by atoms with Gasteiger partial charge in [0.1, 0.15) is 6.04 Å². The lowest BCUT2D eigenvalue weighted by molar-refractivity contribution is -0.139. The fraction of sp³-hybridized carbons (Fsp3) is 0.214. The van der Waals surface area contributed by atoms with E-state index >= 15 is 0 Å². The quantitative estimate of drug-likeness (QED) is 0.796. The van der Waals surface area contributed by atoms with Gasteiger partial charge in [0.2, 0.25) is 0 Å². The molecule has 0 bridgehead atoms. The highest BCUT2D eigenvalue weighted by atomic mass is 16.4. The van der Waals surface area contributed by atoms with Crippen LogP contribution in [-0.2, 0) is 4.79 Å². The minimum atomic E-state index is -1.06. The molecule has 0 saturated heterocycles. The molecule has 2 rings (SSSR count). The topological polar surface area (TPSA) is 91.3 Å². The Morgan fingerprint density at radius 3 is 2.75 bits per heavy atom. The first kappa shape index (κ1) is 13.8. The summed E-state index contributed by atoms with van der Waals surface area (Å²) in [6.45, 7) is 1.69. The Bertz CT molecular complexity index is 637. The summed E-state index contributed by atoms with van der Waals surface area (Å²) in [5, 5.41) is 14.8. The molecular formula is C14H15N3O3. The third-order valence-electron chi connectivity index (χ3n) is 2.89. The van der Waals surface area contributed by atoms with Crippen molar-refractivity contribution in [2.45, 2.75) is 19.4 Å². The second kappa shape index (κ2) is 6.01. The van der Waals surface area contributed by atoms with E-state index in [1.165, 1.54) is 0 Å². The van der Waals surface area contributed by atoms with Gasteiger partial charge in [-0.15, -0.1) is 0 Å². The molecule has 1 atom stereocenters. The van der Waals surface area contributed by atoms with Crippen molar-refractivity contribution >= 4 is 28.6 Å². The van der Waals surface area contributed by atoms with Gasteiger partial charge < -0.3 is 15.7 Å². The van der Waals surface area contributed by atoms with E-state index in [-0.39, 0.29) is 0 Å². The number of aliphatic carboxylic acids is 1. The molecule has 0 unspecified atom stereocenters. The summed E-state index contributed by atoms with van der Waals surface area (Å²) >= 11 is 0. The second-order valence-corrected chi connectivity index (χ2v) is 4.28. The fourth-order valence-electron chi connectivity index (χ4n) is 1.86. The molecule has 2 amide bonds. The van der Waals surface area contributed by atoms with Crippen LogP contribution in [0.3, 0.4) is 0 Å². The van der Waals surface area contributed by atoms with Gasteiger partial charge in [-0.2, -0.15) is 0 Å². The Morgan fingerprint density at radius 1 is 1.30 bits per heavy atom. The summed E-state index contributed by atoms with van der Waals surface area (Å²) in [5.41, 5.74) is 1.20. The van der Waals surface area contributed by atoms with Gasteiger partial charge in [0.25, 0.3) is 0 Å². The highest BCUT2D eigenvalue weighted by Gasteiger charge is 2.17. The predicted molar refractivity (Wildman–Crippen MR) is 75.6 cm³/mol. The SMILES string of the molecule is CC[C@H](NC(=O)Nc1cccc2cccnc12)C(=O)O. The first-order valence-corrected chi connectivity index (χ1v) is 6.26. The van der Waals surface area contributed by atoms with Gasteiger partial charge in [0.15, 0.2) is 0 Å². The molecule has 6 heteroatoms. The van der Waals surface area contributed by atoms with Crippen molar-refractivity contribution in [1.29, 1.82) is 0 Å². The van der Waals surface area contributed by atoms with E-state index in [0.29, 0.717) is 17.6 Å². The van der Waals surface area contributed by atoms with Crippen LogP contribution >= 0.6 is 0 Å². The number of carboxylic acid groups (broad SMARTS) is 1. The number of hydrogen-bond acceptors (Lipinski definition) is 3. The number of carbonyl (C=O) groups excluding carboxylic acids is 1. The molecule has 0 fully saturated rings. The predicted octanol–water partition coefficient (Wildman–Crippen LogP) is 2.22. The van der Waals surface area contributed by atoms with E-state index in [1.54, 1.807) is 25.3 Å². The highest BCUT2D eigenvalue weighted by molar-refractivity contribution is 6.00. The number of hydrogen-bond donors (Lipinski definition) is 3. The normalized spacial score (nSPS) is 11.8. The summed E-state index contributed by atoms with van der Waals surface area (Å²) in [7, 11) is 0. The van der Waals surface area contributed by atoms with Crippen LogP contribution in [0.25, 0.3) is 10.9 Å². The number of pyridine rings is 1. The van der Waals surface area contributed by atoms with Crippen molar-refractivity contribution in [1.82, 2.24) is 10.3 Å². The van der Waals surface area contributed by atoms with Crippen LogP contribution in [0.5, 0.6) is 0 Å². The van der Waals surface area contributed by atoms with Gasteiger partial charge in [0, 0.05) is 11.6 Å². The molecule has 104 valence electrons. The fourth-order valence-corrected chi connectivity index (χ4v) is 1.86. The van der Waals surface area contributed by atoms with E-state index in [9.17, 15) is 9.59 Å². The molecule has 0 spiro atoms. The van der Waals surface area contributed by atoms with E-state index in [1.807, 2.05) is 18.2 Å². The highest BCUT2D eigenvalue weighted by Crippen LogP contribution is 2.20. The zero-order valence-electron chi connectivity index (χ0n) is 11.0. The average molecular weight is 273 g/mol. The molecule has 2 aromatic rings. The summed E-state index contributed by atoms with van der Waals surface area (Å²) in [6, 6.07) is 7.64. The van der Waals surface area contributed by atoms with Crippen LogP contribution < -0.4 is 10.6 Å². The zero-order valence-corrected chi connectivity index (χ0v) is 11.0. The van der Waals surface area contributed by atoms with Crippen molar-refractivity contribution < 1.29 is 14.7 Å². The largest absolute Gasteiger partial charge is 0.480 e. The Labute approximate surface area is 115 Å². The number of carboxylic acids is 1. The Kier molecular flexibility index (Phi) is 4.14. The molecule has 0 radical (unpaired) electrons. The van der Waals surface area contributed by atoms with Crippen molar-refractivity contribution in [2.75, 3.05) is 5.32 Å². The first-order chi connectivity index (χ1) is 9.61. The van der Waals surface area contributed by atoms with Crippen LogP contribution in [0.1, 0.15) is 13.3 Å². The van der Waals surface area contributed by atoms with Crippen LogP contribution in [-0.4, -0.2) is 28.1 Å². The number of nitrogens with zero attached hydrogens (tertiary/aromatic N) is 1. The third-order valence-corrected chi connectivity index (χ3v) is 2.89. The van der Waals surface area contributed by atoms with Crippen LogP contribution in [0, 0.1) is 0 Å². The first-order valence-electron chi connectivity index (χ1n) is 6.26. The maximum Gasteiger partial charge on any atom is 0.326 e. The summed E-state index contributed by atoms with van der Waals surface area (Å²) in [6.07, 6.45) is 1.95. The van der Waals surface area contributed by atoms with Gasteiger partial charge in [-0.05, 0) is 18.6 Å². The number of nitrogens with one attached hydrogen (secondary N) is 2. The Hall–Kier alpha value is -2.63. The zero-order chi connectivity index (χ0) is 14.5. The van der Waals surface area contributed by atoms with Crippen LogP contribution in [0.15, 0.2) is 36.5 Å². The summed E-state index contributed by atoms with van der Waals surface area (Å²) < 4.78 is 0. The molecular weight excluding hydrogens is 258 g/mol. The van der Waals surface area contributed by atoms with E-state index in [4.69, 9.17) is 5.11 Å². The Balaban J connectivity index is 2.16. The number of urea groups is 1. The lowest BCUT2D eigenvalue weighted by Gasteiger charge is -2.13. The minimum Gasteiger partial charge on any atom is -0.480 e. The van der Waals surface area contributed by atoms with Gasteiger partial charge in [-0.25, -0.2) is 9.59 Å². The van der Waals surface area contributed by atoms with Crippen molar-refractivity contribution in [2.24, 2.45) is 0 Å². The number of anilines is 1. The monoisotopic (exact) mass is 273 g/mol. The van der Waals surface area contributed by atoms with Crippen molar-refractivity contribution in [3.63, 3.8) is 0 Å². The summed E-state index contributed by atoms with van der Waals surface area (Å²) in [4.78, 5) is 26.9. The summed E-state index contributed by atoms with van der Waals surface area (Å²) in [5.74, 6) is -1.06. The second-order valence-electron chi connectivity index (χ2n) is 4.28. The molecule has 0 aliphatic carbocycles. The standard InChI is InChI=1S/C14H15N3O3/c1-2-10(13(18)19)16-14(20)17-11-7-3-5-9-6-4-8-15-12(9)11/h3-8,10H,2H2,1H3,(H,18,19)(H2,16,17,20)/t10-/m0/s1. The lowest BCUT2D eigenvalue weighted by Crippen LogP contribution is -2.42. The van der Waals surface area contributed by atoms with Gasteiger partial charge in [-0.3, -0.25) is 4.98 Å². The molecule has 3 N–H and O–H groups in total. The molecule has 1 aromatic carbocycles. The van der Waals surface area contributed by atoms with Gasteiger partial charge in [-0.1, -0.05) is 25.1 Å². The van der Waals surface area contributed by atoms with E-state index < -0.39 is 18.0 Å². The van der Waals surface area contributed by atoms with E-state index in [0.717, 1.165) is 5.39 Å². The van der Waals surface area contributed by atoms with Crippen LogP contribution in [0.2, 0.25) is 0 Å². The molecule has 0 saturated carbocycles. The molecule has 0 aliphatic rings. The number of amides is 2. The smallest absolute Gasteiger partial charge is 0.326 e. The molecule has 6 nitrogen and oxygen atoms in total. The maximum atomic E-state index is 11.8. The lowest BCUT2D eigenvalue weighted by atomic mass is 10.2. The number of para-hydroxylation sites is 1. The number of carbonyl (C=O) groups is 2. The van der Waals surface area contributed by atoms with Gasteiger partial charge >= 0.3 is 12.0 Å². The molecule has 0 aliphatic heterocycles. The molecule has 1 aromatic heterocycles. The van der Waals surface area contributed by atoms with E-state index in [2.05, 4.69) is 15.6 Å². The molecule has 20 heavy (non-hydrogen) atoms. The molecule has 1 heterocycles. The number of fused-ring (bicyclic) bond motifs is 1. The maximum absolute atomic E-state index is 11.8. The third kappa shape index (κ3) is 3.03. The van der Waals surface area contributed by atoms with Crippen LogP contribution in [0.4, 0.5) is 10.5 Å². The number of benzene rings is 1. The van der Waals surface area contributed by atoms with Crippen molar-refractivity contribution in [3.05, 3.63) is 36.5 Å².